The Labute approximate surface area is 127 Å². The minimum atomic E-state index is -3.22. The number of rotatable bonds is 5. The molecule has 1 unspecified atom stereocenters. The number of nitrogen functional groups attached to an aromatic ring is 1. The van der Waals surface area contributed by atoms with E-state index in [4.69, 9.17) is 5.73 Å². The molecule has 0 aliphatic heterocycles. The topological polar surface area (TPSA) is 77.2 Å². The number of aryl methyl sites for hydroxylation is 1. The van der Waals surface area contributed by atoms with Crippen LogP contribution in [0.25, 0.3) is 0 Å². The largest absolute Gasteiger partial charge is 0.399 e. The minimum absolute atomic E-state index is 0.238. The van der Waals surface area contributed by atoms with Crippen LogP contribution in [-0.4, -0.2) is 24.6 Å². The Balaban J connectivity index is 2.02. The van der Waals surface area contributed by atoms with Crippen LogP contribution in [0.1, 0.15) is 5.56 Å². The van der Waals surface area contributed by atoms with E-state index in [1.54, 1.807) is 12.1 Å². The van der Waals surface area contributed by atoms with E-state index in [1.807, 2.05) is 24.3 Å². The zero-order valence-corrected chi connectivity index (χ0v) is 13.3. The molecule has 2 aromatic carbocycles. The molecule has 2 N–H and O–H groups in total. The van der Waals surface area contributed by atoms with Gasteiger partial charge in [0.2, 0.25) is 0 Å². The number of sulfone groups is 1. The van der Waals surface area contributed by atoms with Crippen LogP contribution >= 0.6 is 0 Å². The summed E-state index contributed by atoms with van der Waals surface area (Å²) in [5.74, 6) is 0.488. The summed E-state index contributed by atoms with van der Waals surface area (Å²) in [6.07, 6.45) is 1.83. The van der Waals surface area contributed by atoms with E-state index in [0.29, 0.717) is 22.8 Å². The van der Waals surface area contributed by atoms with Crippen molar-refractivity contribution in [1.29, 1.82) is 0 Å². The summed E-state index contributed by atoms with van der Waals surface area (Å²) >= 11 is 0. The second kappa shape index (κ2) is 6.41. The molecule has 0 fully saturated rings. The Hall–Kier alpha value is -1.66. The van der Waals surface area contributed by atoms with Crippen molar-refractivity contribution in [2.45, 2.75) is 16.2 Å². The lowest BCUT2D eigenvalue weighted by Gasteiger charge is -2.04. The summed E-state index contributed by atoms with van der Waals surface area (Å²) in [7, 11) is -4.37. The maximum absolute atomic E-state index is 12.2. The predicted octanol–water partition coefficient (Wildman–Crippen LogP) is 2.02. The van der Waals surface area contributed by atoms with E-state index in [0.717, 1.165) is 11.8 Å². The van der Waals surface area contributed by atoms with Gasteiger partial charge in [-0.1, -0.05) is 12.1 Å². The van der Waals surface area contributed by atoms with Crippen LogP contribution in [0.2, 0.25) is 0 Å². The van der Waals surface area contributed by atoms with Crippen molar-refractivity contribution in [3.63, 3.8) is 0 Å². The van der Waals surface area contributed by atoms with Crippen molar-refractivity contribution in [2.24, 2.45) is 0 Å². The normalized spacial score (nSPS) is 13.0. The lowest BCUT2D eigenvalue weighted by molar-refractivity contribution is 0.601. The SMILES string of the molecule is CS(=O)(=O)c1ccc(S(=O)CCc2ccc(N)cc2)cc1. The van der Waals surface area contributed by atoms with E-state index in [-0.39, 0.29) is 4.90 Å². The van der Waals surface area contributed by atoms with Crippen molar-refractivity contribution in [3.8, 4) is 0 Å². The molecule has 6 heteroatoms. The highest BCUT2D eigenvalue weighted by Gasteiger charge is 2.09. The number of hydrogen-bond donors (Lipinski definition) is 1. The van der Waals surface area contributed by atoms with Crippen molar-refractivity contribution < 1.29 is 12.6 Å². The summed E-state index contributed by atoms with van der Waals surface area (Å²) in [5, 5.41) is 0. The van der Waals surface area contributed by atoms with Crippen LogP contribution in [0.4, 0.5) is 5.69 Å². The summed E-state index contributed by atoms with van der Waals surface area (Å²) < 4.78 is 34.9. The molecule has 0 saturated carbocycles. The van der Waals surface area contributed by atoms with E-state index in [9.17, 15) is 12.6 Å². The van der Waals surface area contributed by atoms with Gasteiger partial charge in [-0.15, -0.1) is 0 Å². The zero-order chi connectivity index (χ0) is 15.5. The molecule has 0 aliphatic rings. The van der Waals surface area contributed by atoms with Crippen molar-refractivity contribution in [3.05, 3.63) is 54.1 Å². The summed E-state index contributed by atoms with van der Waals surface area (Å²) in [6, 6.07) is 13.7. The van der Waals surface area contributed by atoms with Crippen LogP contribution in [0.15, 0.2) is 58.3 Å². The Morgan fingerprint density at radius 1 is 1.00 bits per heavy atom. The van der Waals surface area contributed by atoms with Gasteiger partial charge in [0.15, 0.2) is 9.84 Å². The van der Waals surface area contributed by atoms with Gasteiger partial charge in [0.25, 0.3) is 0 Å². The van der Waals surface area contributed by atoms with E-state index >= 15 is 0 Å². The van der Waals surface area contributed by atoms with Gasteiger partial charge in [0.05, 0.1) is 15.7 Å². The number of nitrogens with two attached hydrogens (primary N) is 1. The third kappa shape index (κ3) is 4.41. The lowest BCUT2D eigenvalue weighted by Crippen LogP contribution is -2.03. The fourth-order valence-electron chi connectivity index (χ4n) is 1.85. The molecule has 2 aromatic rings. The molecule has 21 heavy (non-hydrogen) atoms. The number of benzene rings is 2. The molecule has 0 heterocycles. The molecular weight excluding hydrogens is 306 g/mol. The lowest BCUT2D eigenvalue weighted by atomic mass is 10.2. The molecule has 0 aliphatic carbocycles. The monoisotopic (exact) mass is 323 g/mol. The smallest absolute Gasteiger partial charge is 0.175 e. The molecule has 1 atom stereocenters. The maximum atomic E-state index is 12.2. The van der Waals surface area contributed by atoms with Gasteiger partial charge in [-0.25, -0.2) is 8.42 Å². The molecule has 112 valence electrons. The zero-order valence-electron chi connectivity index (χ0n) is 11.7. The molecule has 4 nitrogen and oxygen atoms in total. The summed E-state index contributed by atoms with van der Waals surface area (Å²) in [6.45, 7) is 0. The third-order valence-electron chi connectivity index (χ3n) is 3.07. The highest BCUT2D eigenvalue weighted by Crippen LogP contribution is 2.14. The predicted molar refractivity (Wildman–Crippen MR) is 85.4 cm³/mol. The van der Waals surface area contributed by atoms with Gasteiger partial charge in [0, 0.05) is 22.6 Å². The first-order chi connectivity index (χ1) is 9.86. The highest BCUT2D eigenvalue weighted by atomic mass is 32.2. The fourth-order valence-corrected chi connectivity index (χ4v) is 3.58. The Morgan fingerprint density at radius 2 is 1.57 bits per heavy atom. The van der Waals surface area contributed by atoms with Gasteiger partial charge in [0.1, 0.15) is 0 Å². The average molecular weight is 323 g/mol. The van der Waals surface area contributed by atoms with Gasteiger partial charge < -0.3 is 5.73 Å². The first-order valence-electron chi connectivity index (χ1n) is 6.39. The molecule has 0 amide bonds. The van der Waals surface area contributed by atoms with Crippen molar-refractivity contribution in [2.75, 3.05) is 17.7 Å². The molecule has 0 spiro atoms. The van der Waals surface area contributed by atoms with Crippen molar-refractivity contribution >= 4 is 26.3 Å². The minimum Gasteiger partial charge on any atom is -0.399 e. The molecular formula is C15H17NO3S2. The first-order valence-corrected chi connectivity index (χ1v) is 9.60. The average Bonchev–Trinajstić information content (AvgIpc) is 2.45. The van der Waals surface area contributed by atoms with Crippen LogP contribution in [0, 0.1) is 0 Å². The first kappa shape index (κ1) is 15.7. The summed E-state index contributed by atoms with van der Waals surface area (Å²) in [5.41, 5.74) is 7.39. The molecule has 0 aromatic heterocycles. The standard InChI is InChI=1S/C15H17NO3S2/c1-21(18,19)15-8-6-14(7-9-15)20(17)11-10-12-2-4-13(16)5-3-12/h2-9H,10-11,16H2,1H3. The second-order valence-electron chi connectivity index (χ2n) is 4.78. The van der Waals surface area contributed by atoms with Crippen LogP contribution in [0.3, 0.4) is 0 Å². The second-order valence-corrected chi connectivity index (χ2v) is 8.37. The third-order valence-corrected chi connectivity index (χ3v) is 5.57. The number of hydrogen-bond acceptors (Lipinski definition) is 4. The Kier molecular flexibility index (Phi) is 4.80. The van der Waals surface area contributed by atoms with Crippen molar-refractivity contribution in [1.82, 2.24) is 0 Å². The quantitative estimate of drug-likeness (QED) is 0.854. The van der Waals surface area contributed by atoms with E-state index < -0.39 is 20.6 Å². The highest BCUT2D eigenvalue weighted by molar-refractivity contribution is 7.90. The van der Waals surface area contributed by atoms with Gasteiger partial charge >= 0.3 is 0 Å². The number of anilines is 1. The van der Waals surface area contributed by atoms with Gasteiger partial charge in [-0.05, 0) is 48.4 Å². The summed E-state index contributed by atoms with van der Waals surface area (Å²) in [4.78, 5) is 0.875. The molecule has 2 rings (SSSR count). The molecule has 0 radical (unpaired) electrons. The fraction of sp³-hybridized carbons (Fsp3) is 0.200. The van der Waals surface area contributed by atoms with Crippen LogP contribution in [0.5, 0.6) is 0 Å². The van der Waals surface area contributed by atoms with Crippen LogP contribution < -0.4 is 5.73 Å². The molecule has 0 bridgehead atoms. The Morgan fingerprint density at radius 3 is 2.10 bits per heavy atom. The van der Waals surface area contributed by atoms with Gasteiger partial charge in [-0.3, -0.25) is 4.21 Å². The Bertz CT molecular complexity index is 735. The maximum Gasteiger partial charge on any atom is 0.175 e. The van der Waals surface area contributed by atoms with Crippen LogP contribution in [-0.2, 0) is 27.1 Å². The van der Waals surface area contributed by atoms with Gasteiger partial charge in [-0.2, -0.15) is 0 Å². The van der Waals surface area contributed by atoms with E-state index in [2.05, 4.69) is 0 Å². The van der Waals surface area contributed by atoms with E-state index in [1.165, 1.54) is 12.1 Å². The molecule has 0 saturated heterocycles.